The van der Waals surface area contributed by atoms with Crippen molar-refractivity contribution in [2.45, 2.75) is 52.9 Å². The lowest BCUT2D eigenvalue weighted by atomic mass is 10.1. The van der Waals surface area contributed by atoms with Gasteiger partial charge in [-0.2, -0.15) is 0 Å². The standard InChI is InChI=1S/C8H16O.C4H7NO/c1-3-5-6-7-8(9)4-2;1-3(2)4(5)6/h3-7H2,1-2H3;1H2,2H3,(H2,5,6). The Hall–Kier alpha value is -1.12. The van der Waals surface area contributed by atoms with Crippen molar-refractivity contribution in [2.75, 3.05) is 0 Å². The molecule has 15 heavy (non-hydrogen) atoms. The smallest absolute Gasteiger partial charge is 0.243 e. The van der Waals surface area contributed by atoms with E-state index in [-0.39, 0.29) is 0 Å². The van der Waals surface area contributed by atoms with Crippen LogP contribution in [0.3, 0.4) is 0 Å². The maximum absolute atomic E-state index is 10.7. The Balaban J connectivity index is 0. The fraction of sp³-hybridized carbons (Fsp3) is 0.667. The van der Waals surface area contributed by atoms with E-state index >= 15 is 0 Å². The van der Waals surface area contributed by atoms with Crippen molar-refractivity contribution in [1.29, 1.82) is 0 Å². The van der Waals surface area contributed by atoms with Gasteiger partial charge in [-0.3, -0.25) is 9.59 Å². The Bertz CT molecular complexity index is 198. The van der Waals surface area contributed by atoms with E-state index in [9.17, 15) is 9.59 Å². The lowest BCUT2D eigenvalue weighted by molar-refractivity contribution is -0.119. The molecule has 2 N–H and O–H groups in total. The molecule has 1 amide bonds. The lowest BCUT2D eigenvalue weighted by Crippen LogP contribution is -2.10. The van der Waals surface area contributed by atoms with Gasteiger partial charge in [0.1, 0.15) is 5.78 Å². The highest BCUT2D eigenvalue weighted by Crippen LogP contribution is 2.00. The number of unbranched alkanes of at least 4 members (excludes halogenated alkanes) is 2. The van der Waals surface area contributed by atoms with Crippen LogP contribution >= 0.6 is 0 Å². The van der Waals surface area contributed by atoms with Crippen LogP contribution in [0.2, 0.25) is 0 Å². The number of nitrogens with two attached hydrogens (primary N) is 1. The summed E-state index contributed by atoms with van der Waals surface area (Å²) in [6.45, 7) is 8.93. The Morgan fingerprint density at radius 1 is 1.20 bits per heavy atom. The molecule has 0 fully saturated rings. The van der Waals surface area contributed by atoms with Crippen molar-refractivity contribution in [3.8, 4) is 0 Å². The summed E-state index contributed by atoms with van der Waals surface area (Å²) in [5.74, 6) is -0.0292. The number of rotatable bonds is 6. The van der Waals surface area contributed by atoms with Crippen molar-refractivity contribution in [3.05, 3.63) is 12.2 Å². The number of carbonyl (C=O) groups is 2. The second kappa shape index (κ2) is 11.0. The third-order valence-electron chi connectivity index (χ3n) is 1.87. The van der Waals surface area contributed by atoms with Crippen LogP contribution in [0.1, 0.15) is 52.9 Å². The van der Waals surface area contributed by atoms with E-state index < -0.39 is 5.91 Å². The first kappa shape index (κ1) is 16.3. The van der Waals surface area contributed by atoms with Gasteiger partial charge in [0.25, 0.3) is 0 Å². The molecule has 0 aromatic heterocycles. The fourth-order valence-corrected chi connectivity index (χ4v) is 0.749. The quantitative estimate of drug-likeness (QED) is 0.544. The van der Waals surface area contributed by atoms with E-state index in [1.165, 1.54) is 12.8 Å². The van der Waals surface area contributed by atoms with Gasteiger partial charge in [-0.25, -0.2) is 0 Å². The molecule has 0 bridgehead atoms. The molecule has 0 rings (SSSR count). The van der Waals surface area contributed by atoms with Gasteiger partial charge < -0.3 is 5.73 Å². The first-order valence-corrected chi connectivity index (χ1v) is 5.42. The monoisotopic (exact) mass is 213 g/mol. The van der Waals surface area contributed by atoms with E-state index in [1.807, 2.05) is 6.92 Å². The second-order valence-electron chi connectivity index (χ2n) is 3.49. The Labute approximate surface area is 92.7 Å². The molecule has 0 aliphatic heterocycles. The zero-order chi connectivity index (χ0) is 12.3. The molecule has 0 atom stereocenters. The summed E-state index contributed by atoms with van der Waals surface area (Å²) >= 11 is 0. The first-order valence-electron chi connectivity index (χ1n) is 5.42. The van der Waals surface area contributed by atoms with Crippen molar-refractivity contribution in [3.63, 3.8) is 0 Å². The maximum Gasteiger partial charge on any atom is 0.243 e. The zero-order valence-electron chi connectivity index (χ0n) is 10.1. The molecular formula is C12H23NO2. The molecule has 0 aliphatic rings. The predicted molar refractivity (Wildman–Crippen MR) is 63.4 cm³/mol. The minimum atomic E-state index is -0.435. The highest BCUT2D eigenvalue weighted by Gasteiger charge is 1.95. The van der Waals surface area contributed by atoms with Crippen LogP contribution in [0, 0.1) is 0 Å². The highest BCUT2D eigenvalue weighted by molar-refractivity contribution is 5.90. The summed E-state index contributed by atoms with van der Waals surface area (Å²) in [4.78, 5) is 20.5. The van der Waals surface area contributed by atoms with Crippen LogP contribution < -0.4 is 5.73 Å². The molecular weight excluding hydrogens is 190 g/mol. The van der Waals surface area contributed by atoms with Crippen LogP contribution in [-0.2, 0) is 9.59 Å². The predicted octanol–water partition coefficient (Wildman–Crippen LogP) is 2.59. The fourth-order valence-electron chi connectivity index (χ4n) is 0.749. The molecule has 0 saturated heterocycles. The molecule has 0 aromatic rings. The van der Waals surface area contributed by atoms with Crippen LogP contribution in [-0.4, -0.2) is 11.7 Å². The number of ketones is 1. The normalized spacial score (nSPS) is 8.73. The highest BCUT2D eigenvalue weighted by atomic mass is 16.1. The topological polar surface area (TPSA) is 60.2 Å². The first-order chi connectivity index (χ1) is 6.95. The van der Waals surface area contributed by atoms with Gasteiger partial charge in [-0.1, -0.05) is 33.3 Å². The van der Waals surface area contributed by atoms with Gasteiger partial charge in [0, 0.05) is 18.4 Å². The Morgan fingerprint density at radius 2 is 1.67 bits per heavy atom. The van der Waals surface area contributed by atoms with Crippen LogP contribution in [0.15, 0.2) is 12.2 Å². The minimum absolute atomic E-state index is 0.398. The van der Waals surface area contributed by atoms with Gasteiger partial charge in [-0.15, -0.1) is 0 Å². The van der Waals surface area contributed by atoms with Gasteiger partial charge in [0.2, 0.25) is 5.91 Å². The van der Waals surface area contributed by atoms with E-state index in [0.29, 0.717) is 17.8 Å². The van der Waals surface area contributed by atoms with Crippen LogP contribution in [0.4, 0.5) is 0 Å². The van der Waals surface area contributed by atoms with E-state index in [4.69, 9.17) is 5.73 Å². The van der Waals surface area contributed by atoms with Crippen molar-refractivity contribution < 1.29 is 9.59 Å². The maximum atomic E-state index is 10.7. The van der Waals surface area contributed by atoms with Crippen LogP contribution in [0.5, 0.6) is 0 Å². The minimum Gasteiger partial charge on any atom is -0.366 e. The summed E-state index contributed by atoms with van der Waals surface area (Å²) in [7, 11) is 0. The summed E-state index contributed by atoms with van der Waals surface area (Å²) in [5.41, 5.74) is 5.09. The average molecular weight is 213 g/mol. The number of hydrogen-bond acceptors (Lipinski definition) is 2. The van der Waals surface area contributed by atoms with Crippen molar-refractivity contribution in [1.82, 2.24) is 0 Å². The van der Waals surface area contributed by atoms with Crippen molar-refractivity contribution >= 4 is 11.7 Å². The second-order valence-corrected chi connectivity index (χ2v) is 3.49. The molecule has 0 unspecified atom stereocenters. The third-order valence-corrected chi connectivity index (χ3v) is 1.87. The van der Waals surface area contributed by atoms with Gasteiger partial charge >= 0.3 is 0 Å². The molecule has 0 radical (unpaired) electrons. The molecule has 3 nitrogen and oxygen atoms in total. The lowest BCUT2D eigenvalue weighted by Gasteiger charge is -1.93. The number of carbonyl (C=O) groups excluding carboxylic acids is 2. The third kappa shape index (κ3) is 15.6. The zero-order valence-corrected chi connectivity index (χ0v) is 10.1. The molecule has 0 aromatic carbocycles. The SMILES string of the molecule is C=C(C)C(N)=O.CCCCCC(=O)CC. The molecule has 0 saturated carbocycles. The van der Waals surface area contributed by atoms with Gasteiger partial charge in [0.15, 0.2) is 0 Å². The molecule has 0 aliphatic carbocycles. The molecule has 88 valence electrons. The molecule has 0 heterocycles. The molecule has 0 spiro atoms. The largest absolute Gasteiger partial charge is 0.366 e. The summed E-state index contributed by atoms with van der Waals surface area (Å²) < 4.78 is 0. The number of primary amides is 1. The van der Waals surface area contributed by atoms with Gasteiger partial charge in [-0.05, 0) is 13.3 Å². The summed E-state index contributed by atoms with van der Waals surface area (Å²) in [6, 6.07) is 0. The number of hydrogen-bond donors (Lipinski definition) is 1. The van der Waals surface area contributed by atoms with E-state index in [1.54, 1.807) is 6.92 Å². The number of Topliss-reactive ketones (excluding diaryl/α,β-unsaturated/α-hetero) is 1. The average Bonchev–Trinajstić information content (AvgIpc) is 2.18. The van der Waals surface area contributed by atoms with Gasteiger partial charge in [0.05, 0.1) is 0 Å². The molecule has 3 heteroatoms. The summed E-state index contributed by atoms with van der Waals surface area (Å²) in [6.07, 6.45) is 5.00. The Morgan fingerprint density at radius 3 is 1.93 bits per heavy atom. The van der Waals surface area contributed by atoms with E-state index in [2.05, 4.69) is 13.5 Å². The summed E-state index contributed by atoms with van der Waals surface area (Å²) in [5, 5.41) is 0. The van der Waals surface area contributed by atoms with Crippen molar-refractivity contribution in [2.24, 2.45) is 5.73 Å². The van der Waals surface area contributed by atoms with E-state index in [0.717, 1.165) is 12.8 Å². The Kier molecular flexibility index (Phi) is 11.9. The number of amides is 1. The van der Waals surface area contributed by atoms with Crippen LogP contribution in [0.25, 0.3) is 0 Å².